The normalized spacial score (nSPS) is 28.5. The van der Waals surface area contributed by atoms with Crippen molar-refractivity contribution >= 4 is 18.0 Å². The number of esters is 2. The van der Waals surface area contributed by atoms with Crippen LogP contribution in [0.2, 0.25) is 0 Å². The Labute approximate surface area is 272 Å². The first kappa shape index (κ1) is 35.1. The molecule has 2 aromatic carbocycles. The number of azide groups is 2. The summed E-state index contributed by atoms with van der Waals surface area (Å²) in [6.07, 6.45) is -5.24. The molecule has 1 heterocycles. The lowest BCUT2D eigenvalue weighted by Gasteiger charge is -2.51. The quantitative estimate of drug-likeness (QED) is 0.112. The van der Waals surface area contributed by atoms with Gasteiger partial charge in [0.05, 0.1) is 30.9 Å². The van der Waals surface area contributed by atoms with Gasteiger partial charge in [0.15, 0.2) is 0 Å². The van der Waals surface area contributed by atoms with Crippen molar-refractivity contribution in [1.29, 1.82) is 0 Å². The van der Waals surface area contributed by atoms with Crippen LogP contribution in [0.3, 0.4) is 0 Å². The average Bonchev–Trinajstić information content (AvgIpc) is 3.05. The van der Waals surface area contributed by atoms with Crippen molar-refractivity contribution in [2.75, 3.05) is 6.54 Å². The summed E-state index contributed by atoms with van der Waals surface area (Å²) in [7, 11) is 0. The minimum absolute atomic E-state index is 0.0747. The summed E-state index contributed by atoms with van der Waals surface area (Å²) in [6, 6.07) is 16.7. The van der Waals surface area contributed by atoms with Gasteiger partial charge in [-0.05, 0) is 35.0 Å². The maximum Gasteiger partial charge on any atom is 0.410 e. The van der Waals surface area contributed by atoms with Crippen LogP contribution in [-0.4, -0.2) is 77.2 Å². The molecule has 15 heteroatoms. The number of hydrogen-bond acceptors (Lipinski definition) is 10. The Kier molecular flexibility index (Phi) is 12.4. The van der Waals surface area contributed by atoms with Crippen LogP contribution in [0, 0.1) is 11.8 Å². The fraction of sp³-hybridized carbons (Fsp3) is 0.531. The van der Waals surface area contributed by atoms with Gasteiger partial charge in [-0.3, -0.25) is 9.59 Å². The number of rotatable bonds is 11. The molecule has 0 radical (unpaired) electrons. The average molecular weight is 650 g/mol. The number of aliphatic hydroxyl groups excluding tert-OH is 1. The second-order valence-corrected chi connectivity index (χ2v) is 11.7. The summed E-state index contributed by atoms with van der Waals surface area (Å²) in [5, 5.41) is 19.3. The number of carbonyl (C=O) groups is 3. The van der Waals surface area contributed by atoms with E-state index in [2.05, 4.69) is 20.1 Å². The van der Waals surface area contributed by atoms with E-state index in [4.69, 9.17) is 18.9 Å². The first-order valence-electron chi connectivity index (χ1n) is 15.4. The molecular formula is C32H39N7O8. The van der Waals surface area contributed by atoms with Crippen molar-refractivity contribution in [1.82, 2.24) is 4.90 Å². The fourth-order valence-electron chi connectivity index (χ4n) is 6.47. The highest BCUT2D eigenvalue weighted by Gasteiger charge is 2.56. The summed E-state index contributed by atoms with van der Waals surface area (Å²) in [4.78, 5) is 45.0. The zero-order chi connectivity index (χ0) is 33.9. The third-order valence-electron chi connectivity index (χ3n) is 8.51. The van der Waals surface area contributed by atoms with Crippen LogP contribution in [0.15, 0.2) is 70.9 Å². The van der Waals surface area contributed by atoms with Crippen molar-refractivity contribution in [3.05, 3.63) is 92.7 Å². The predicted octanol–water partition coefficient (Wildman–Crippen LogP) is 5.22. The Morgan fingerprint density at radius 3 is 2.11 bits per heavy atom. The molecule has 1 aliphatic heterocycles. The van der Waals surface area contributed by atoms with Crippen molar-refractivity contribution in [2.24, 2.45) is 22.1 Å². The van der Waals surface area contributed by atoms with Gasteiger partial charge in [0.1, 0.15) is 24.9 Å². The Balaban J connectivity index is 1.62. The van der Waals surface area contributed by atoms with Gasteiger partial charge < -0.3 is 29.0 Å². The standard InChI is InChI=1S/C32H39N7O8/c1-19-26(28(42)31(46-21(3)41)27(36-38-34)29(19)45-20(2)40)30-25(35-37-33)15-14-24(47-30)17-39(16-22-10-6-4-7-11-22)32(43)44-18-23-12-8-5-9-13-23/h4-13,19,24-31,42H,14-18H2,1-3H3/t19-,24+,25?,26-,27?,28+,29+,30?,31+/m1/s1. The molecule has 1 N–H and O–H groups in total. The topological polar surface area (TPSA) is 209 Å². The van der Waals surface area contributed by atoms with E-state index in [1.54, 1.807) is 6.92 Å². The number of amides is 1. The molecule has 0 aromatic heterocycles. The van der Waals surface area contributed by atoms with Crippen LogP contribution in [-0.2, 0) is 41.7 Å². The molecule has 2 aliphatic rings. The van der Waals surface area contributed by atoms with E-state index in [0.29, 0.717) is 12.8 Å². The molecule has 9 atom stereocenters. The molecule has 4 rings (SSSR count). The molecule has 1 saturated heterocycles. The lowest BCUT2D eigenvalue weighted by molar-refractivity contribution is -0.208. The molecule has 15 nitrogen and oxygen atoms in total. The van der Waals surface area contributed by atoms with Gasteiger partial charge in [0.2, 0.25) is 0 Å². The largest absolute Gasteiger partial charge is 0.462 e. The number of nitrogens with zero attached hydrogens (tertiary/aromatic N) is 7. The Bertz CT molecular complexity index is 1440. The highest BCUT2D eigenvalue weighted by Crippen LogP contribution is 2.43. The van der Waals surface area contributed by atoms with Crippen molar-refractivity contribution in [2.45, 2.75) is 89.4 Å². The zero-order valence-corrected chi connectivity index (χ0v) is 26.4. The Hall–Kier alpha value is -4.81. The van der Waals surface area contributed by atoms with E-state index in [-0.39, 0.29) is 19.7 Å². The highest BCUT2D eigenvalue weighted by molar-refractivity contribution is 5.68. The second kappa shape index (κ2) is 16.7. The summed E-state index contributed by atoms with van der Waals surface area (Å²) >= 11 is 0. The maximum absolute atomic E-state index is 13.4. The van der Waals surface area contributed by atoms with E-state index < -0.39 is 72.5 Å². The fourth-order valence-corrected chi connectivity index (χ4v) is 6.47. The van der Waals surface area contributed by atoms with Crippen LogP contribution in [0.25, 0.3) is 20.9 Å². The van der Waals surface area contributed by atoms with Crippen LogP contribution < -0.4 is 0 Å². The number of ether oxygens (including phenoxy) is 4. The van der Waals surface area contributed by atoms with E-state index in [0.717, 1.165) is 18.1 Å². The molecule has 1 saturated carbocycles. The first-order chi connectivity index (χ1) is 22.6. The second-order valence-electron chi connectivity index (χ2n) is 11.7. The van der Waals surface area contributed by atoms with Crippen molar-refractivity contribution in [3.63, 3.8) is 0 Å². The molecule has 47 heavy (non-hydrogen) atoms. The van der Waals surface area contributed by atoms with Crippen LogP contribution in [0.1, 0.15) is 44.7 Å². The molecule has 1 aliphatic carbocycles. The Morgan fingerprint density at radius 2 is 1.51 bits per heavy atom. The van der Waals surface area contributed by atoms with E-state index >= 15 is 0 Å². The van der Waals surface area contributed by atoms with Gasteiger partial charge in [-0.15, -0.1) is 0 Å². The van der Waals surface area contributed by atoms with Crippen molar-refractivity contribution in [3.8, 4) is 0 Å². The van der Waals surface area contributed by atoms with Gasteiger partial charge in [0, 0.05) is 42.1 Å². The third kappa shape index (κ3) is 9.14. The minimum atomic E-state index is -1.45. The maximum atomic E-state index is 13.4. The van der Waals surface area contributed by atoms with E-state index in [1.807, 2.05) is 60.7 Å². The summed E-state index contributed by atoms with van der Waals surface area (Å²) in [5.41, 5.74) is 20.4. The van der Waals surface area contributed by atoms with Gasteiger partial charge in [0.25, 0.3) is 0 Å². The lowest BCUT2D eigenvalue weighted by atomic mass is 9.67. The van der Waals surface area contributed by atoms with E-state index in [9.17, 15) is 30.6 Å². The minimum Gasteiger partial charge on any atom is -0.462 e. The number of aliphatic hydroxyl groups is 1. The van der Waals surface area contributed by atoms with E-state index in [1.165, 1.54) is 11.8 Å². The molecule has 2 aromatic rings. The van der Waals surface area contributed by atoms with Gasteiger partial charge >= 0.3 is 18.0 Å². The molecule has 3 unspecified atom stereocenters. The van der Waals surface area contributed by atoms with Crippen LogP contribution in [0.5, 0.6) is 0 Å². The molecule has 1 amide bonds. The first-order valence-corrected chi connectivity index (χ1v) is 15.4. The number of benzene rings is 2. The van der Waals surface area contributed by atoms with Crippen molar-refractivity contribution < 1.29 is 38.4 Å². The molecule has 0 spiro atoms. The smallest absolute Gasteiger partial charge is 0.410 e. The lowest BCUT2D eigenvalue weighted by Crippen LogP contribution is -2.64. The zero-order valence-electron chi connectivity index (χ0n) is 26.4. The molecule has 0 bridgehead atoms. The SMILES string of the molecule is CC(=O)O[C@@H]1C(N=[N+]=[N-])[C@H](OC(C)=O)[C@@H](O)[C@H](C2O[C@H](CN(Cc3ccccc3)C(=O)OCc3ccccc3)CCC2N=[N+]=[N-])[C@H]1C. The highest BCUT2D eigenvalue weighted by atomic mass is 16.6. The van der Waals surface area contributed by atoms with Gasteiger partial charge in [-0.25, -0.2) is 4.79 Å². The Morgan fingerprint density at radius 1 is 0.915 bits per heavy atom. The predicted molar refractivity (Wildman–Crippen MR) is 167 cm³/mol. The number of carbonyl (C=O) groups excluding carboxylic acids is 3. The summed E-state index contributed by atoms with van der Waals surface area (Å²) < 4.78 is 23.2. The van der Waals surface area contributed by atoms with Gasteiger partial charge in [-0.2, -0.15) is 0 Å². The monoisotopic (exact) mass is 649 g/mol. The third-order valence-corrected chi connectivity index (χ3v) is 8.51. The summed E-state index contributed by atoms with van der Waals surface area (Å²) in [6.45, 7) is 4.44. The summed E-state index contributed by atoms with van der Waals surface area (Å²) in [5.74, 6) is -3.02. The van der Waals surface area contributed by atoms with Crippen LogP contribution in [0.4, 0.5) is 4.79 Å². The number of hydrogen-bond donors (Lipinski definition) is 1. The molecule has 250 valence electrons. The molecular weight excluding hydrogens is 610 g/mol. The van der Waals surface area contributed by atoms with Crippen LogP contribution >= 0.6 is 0 Å². The molecule has 2 fully saturated rings. The van der Waals surface area contributed by atoms with Gasteiger partial charge in [-0.1, -0.05) is 77.8 Å².